The van der Waals surface area contributed by atoms with Gasteiger partial charge in [-0.15, -0.1) is 0 Å². The molecule has 0 aliphatic heterocycles. The van der Waals surface area contributed by atoms with E-state index >= 15 is 0 Å². The first kappa shape index (κ1) is 9.09. The number of rotatable bonds is 2. The minimum absolute atomic E-state index is 0.322. The molecule has 0 aliphatic carbocycles. The summed E-state index contributed by atoms with van der Waals surface area (Å²) in [5.74, 6) is -0.322. The van der Waals surface area contributed by atoms with Gasteiger partial charge in [-0.1, -0.05) is 0 Å². The summed E-state index contributed by atoms with van der Waals surface area (Å²) in [4.78, 5) is 10.7. The van der Waals surface area contributed by atoms with Gasteiger partial charge in [0.2, 0.25) is 0 Å². The highest BCUT2D eigenvalue weighted by Gasteiger charge is 2.05. The fourth-order valence-electron chi connectivity index (χ4n) is 1.30. The minimum Gasteiger partial charge on any atom is -0.298 e. The number of carbonyl (C=O) groups excluding carboxylic acids is 1. The number of hydrogen-bond donors (Lipinski definition) is 0. The number of aldehydes is 1. The Morgan fingerprint density at radius 2 is 2.14 bits per heavy atom. The van der Waals surface area contributed by atoms with E-state index < -0.39 is 0 Å². The monoisotopic (exact) mass is 206 g/mol. The summed E-state index contributed by atoms with van der Waals surface area (Å²) < 4.78 is 13.0. The summed E-state index contributed by atoms with van der Waals surface area (Å²) in [7, 11) is 0. The van der Waals surface area contributed by atoms with Crippen LogP contribution >= 0.6 is 11.3 Å². The zero-order chi connectivity index (χ0) is 9.97. The van der Waals surface area contributed by atoms with Crippen molar-refractivity contribution in [2.45, 2.75) is 0 Å². The third-order valence-electron chi connectivity index (χ3n) is 1.97. The van der Waals surface area contributed by atoms with Crippen molar-refractivity contribution in [2.75, 3.05) is 0 Å². The number of benzene rings is 1. The number of carbonyl (C=O) groups is 1. The normalized spacial score (nSPS) is 10.1. The van der Waals surface area contributed by atoms with Crippen LogP contribution < -0.4 is 0 Å². The highest BCUT2D eigenvalue weighted by molar-refractivity contribution is 7.08. The summed E-state index contributed by atoms with van der Waals surface area (Å²) in [6.07, 6.45) is 0.742. The smallest absolute Gasteiger partial charge is 0.150 e. The van der Waals surface area contributed by atoms with E-state index in [2.05, 4.69) is 0 Å². The van der Waals surface area contributed by atoms with Crippen molar-refractivity contribution in [3.63, 3.8) is 0 Å². The standard InChI is InChI=1S/C11H7FOS/c12-10-2-1-8(6-13)11(5-10)9-3-4-14-7-9/h1-7H. The second kappa shape index (κ2) is 3.72. The van der Waals surface area contributed by atoms with Gasteiger partial charge < -0.3 is 0 Å². The third-order valence-corrected chi connectivity index (χ3v) is 2.66. The second-order valence-corrected chi connectivity index (χ2v) is 3.64. The topological polar surface area (TPSA) is 17.1 Å². The lowest BCUT2D eigenvalue weighted by molar-refractivity contribution is 0.112. The number of halogens is 1. The van der Waals surface area contributed by atoms with Gasteiger partial charge in [0.25, 0.3) is 0 Å². The molecule has 3 heteroatoms. The predicted molar refractivity (Wildman–Crippen MR) is 55.1 cm³/mol. The van der Waals surface area contributed by atoms with E-state index in [1.54, 1.807) is 0 Å². The molecule has 1 aromatic carbocycles. The Morgan fingerprint density at radius 1 is 1.29 bits per heavy atom. The summed E-state index contributed by atoms with van der Waals surface area (Å²) >= 11 is 1.52. The van der Waals surface area contributed by atoms with E-state index in [1.165, 1.54) is 29.5 Å². The van der Waals surface area contributed by atoms with Crippen molar-refractivity contribution in [3.8, 4) is 11.1 Å². The summed E-state index contributed by atoms with van der Waals surface area (Å²) in [6, 6.07) is 6.03. The van der Waals surface area contributed by atoms with Crippen LogP contribution in [0.25, 0.3) is 11.1 Å². The largest absolute Gasteiger partial charge is 0.298 e. The molecule has 0 saturated heterocycles. The Bertz CT molecular complexity index is 448. The molecular weight excluding hydrogens is 199 g/mol. The molecule has 1 aromatic heterocycles. The van der Waals surface area contributed by atoms with E-state index in [9.17, 15) is 9.18 Å². The summed E-state index contributed by atoms with van der Waals surface area (Å²) in [5, 5.41) is 3.79. The Kier molecular flexibility index (Phi) is 2.41. The molecular formula is C11H7FOS. The van der Waals surface area contributed by atoms with E-state index in [4.69, 9.17) is 0 Å². The van der Waals surface area contributed by atoms with Crippen LogP contribution in [-0.2, 0) is 0 Å². The van der Waals surface area contributed by atoms with Crippen molar-refractivity contribution in [1.82, 2.24) is 0 Å². The number of thiophene rings is 1. The van der Waals surface area contributed by atoms with E-state index in [1.807, 2.05) is 16.8 Å². The maximum atomic E-state index is 13.0. The fraction of sp³-hybridized carbons (Fsp3) is 0. The van der Waals surface area contributed by atoms with Gasteiger partial charge in [0.1, 0.15) is 5.82 Å². The fourth-order valence-corrected chi connectivity index (χ4v) is 1.95. The highest BCUT2D eigenvalue weighted by Crippen LogP contribution is 2.25. The van der Waals surface area contributed by atoms with Crippen molar-refractivity contribution in [2.24, 2.45) is 0 Å². The molecule has 0 N–H and O–H groups in total. The Morgan fingerprint density at radius 3 is 2.79 bits per heavy atom. The van der Waals surface area contributed by atoms with Gasteiger partial charge >= 0.3 is 0 Å². The van der Waals surface area contributed by atoms with Gasteiger partial charge in [0, 0.05) is 5.56 Å². The Hall–Kier alpha value is -1.48. The van der Waals surface area contributed by atoms with Crippen LogP contribution in [0.2, 0.25) is 0 Å². The minimum atomic E-state index is -0.322. The molecule has 0 spiro atoms. The van der Waals surface area contributed by atoms with Crippen molar-refractivity contribution in [3.05, 3.63) is 46.4 Å². The molecule has 0 aliphatic rings. The van der Waals surface area contributed by atoms with Crippen LogP contribution in [0.3, 0.4) is 0 Å². The molecule has 0 atom stereocenters. The second-order valence-electron chi connectivity index (χ2n) is 2.86. The van der Waals surface area contributed by atoms with Crippen LogP contribution in [-0.4, -0.2) is 6.29 Å². The maximum Gasteiger partial charge on any atom is 0.150 e. The van der Waals surface area contributed by atoms with Crippen molar-refractivity contribution < 1.29 is 9.18 Å². The molecule has 0 amide bonds. The van der Waals surface area contributed by atoms with Gasteiger partial charge in [-0.3, -0.25) is 4.79 Å². The van der Waals surface area contributed by atoms with Gasteiger partial charge in [-0.2, -0.15) is 11.3 Å². The SMILES string of the molecule is O=Cc1ccc(F)cc1-c1ccsc1. The molecule has 0 bridgehead atoms. The first-order chi connectivity index (χ1) is 6.81. The van der Waals surface area contributed by atoms with Crippen LogP contribution in [0.5, 0.6) is 0 Å². The quantitative estimate of drug-likeness (QED) is 0.688. The molecule has 0 fully saturated rings. The zero-order valence-electron chi connectivity index (χ0n) is 7.24. The lowest BCUT2D eigenvalue weighted by atomic mass is 10.0. The number of hydrogen-bond acceptors (Lipinski definition) is 2. The summed E-state index contributed by atoms with van der Waals surface area (Å²) in [6.45, 7) is 0. The molecule has 1 heterocycles. The van der Waals surface area contributed by atoms with E-state index in [-0.39, 0.29) is 5.82 Å². The average molecular weight is 206 g/mol. The van der Waals surface area contributed by atoms with Crippen LogP contribution in [0.4, 0.5) is 4.39 Å². The first-order valence-corrected chi connectivity index (χ1v) is 5.03. The first-order valence-electron chi connectivity index (χ1n) is 4.08. The van der Waals surface area contributed by atoms with Crippen molar-refractivity contribution in [1.29, 1.82) is 0 Å². The van der Waals surface area contributed by atoms with Crippen LogP contribution in [0, 0.1) is 5.82 Å². The zero-order valence-corrected chi connectivity index (χ0v) is 8.05. The average Bonchev–Trinajstić information content (AvgIpc) is 2.70. The molecule has 0 saturated carbocycles. The van der Waals surface area contributed by atoms with Gasteiger partial charge in [-0.05, 0) is 46.2 Å². The lowest BCUT2D eigenvalue weighted by Gasteiger charge is -2.01. The molecule has 0 radical (unpaired) electrons. The predicted octanol–water partition coefficient (Wildman–Crippen LogP) is 3.37. The van der Waals surface area contributed by atoms with Crippen molar-refractivity contribution >= 4 is 17.6 Å². The maximum absolute atomic E-state index is 13.0. The van der Waals surface area contributed by atoms with E-state index in [0.717, 1.165) is 11.8 Å². The third kappa shape index (κ3) is 1.59. The van der Waals surface area contributed by atoms with E-state index in [0.29, 0.717) is 11.1 Å². The Labute approximate surface area is 84.8 Å². The lowest BCUT2D eigenvalue weighted by Crippen LogP contribution is -1.87. The van der Waals surface area contributed by atoms with Crippen LogP contribution in [0.15, 0.2) is 35.0 Å². The van der Waals surface area contributed by atoms with Gasteiger partial charge in [0.15, 0.2) is 6.29 Å². The molecule has 70 valence electrons. The molecule has 14 heavy (non-hydrogen) atoms. The molecule has 2 rings (SSSR count). The van der Waals surface area contributed by atoms with Gasteiger partial charge in [0.05, 0.1) is 0 Å². The van der Waals surface area contributed by atoms with Crippen LogP contribution in [0.1, 0.15) is 10.4 Å². The highest BCUT2D eigenvalue weighted by atomic mass is 32.1. The Balaban J connectivity index is 2.61. The molecule has 0 unspecified atom stereocenters. The molecule has 1 nitrogen and oxygen atoms in total. The van der Waals surface area contributed by atoms with Gasteiger partial charge in [-0.25, -0.2) is 4.39 Å². The molecule has 2 aromatic rings. The summed E-state index contributed by atoms with van der Waals surface area (Å²) in [5.41, 5.74) is 2.06.